The van der Waals surface area contributed by atoms with Crippen LogP contribution in [0, 0.1) is 6.92 Å². The molecule has 1 aliphatic heterocycles. The minimum Gasteiger partial charge on any atom is -0.496 e. The molecule has 0 aliphatic carbocycles. The molecule has 2 aromatic heterocycles. The van der Waals surface area contributed by atoms with Gasteiger partial charge in [0.2, 0.25) is 0 Å². The molecule has 1 atom stereocenters. The van der Waals surface area contributed by atoms with Crippen molar-refractivity contribution in [1.82, 2.24) is 9.13 Å². The molecule has 1 aliphatic rings. The Balaban J connectivity index is 1.68. The minimum atomic E-state index is -1.71. The highest BCUT2D eigenvalue weighted by Gasteiger charge is 2.38. The second-order valence-corrected chi connectivity index (χ2v) is 12.8. The van der Waals surface area contributed by atoms with E-state index in [1.54, 1.807) is 21.0 Å². The first-order chi connectivity index (χ1) is 22.6. The molecule has 250 valence electrons. The number of hydrogen-bond donors (Lipinski definition) is 0. The van der Waals surface area contributed by atoms with E-state index in [1.807, 2.05) is 54.6 Å². The van der Waals surface area contributed by atoms with Gasteiger partial charge >= 0.3 is 17.6 Å². The summed E-state index contributed by atoms with van der Waals surface area (Å²) in [6, 6.07) is 16.5. The molecule has 0 unspecified atom stereocenters. The second-order valence-electron chi connectivity index (χ2n) is 11.8. The first-order valence-corrected chi connectivity index (χ1v) is 16.4. The van der Waals surface area contributed by atoms with E-state index in [2.05, 4.69) is 0 Å². The zero-order valence-corrected chi connectivity index (χ0v) is 28.1. The van der Waals surface area contributed by atoms with Crippen molar-refractivity contribution < 1.29 is 33.3 Å². The van der Waals surface area contributed by atoms with Crippen LogP contribution in [0.5, 0.6) is 5.75 Å². The Morgan fingerprint density at radius 3 is 2.38 bits per heavy atom. The van der Waals surface area contributed by atoms with Crippen molar-refractivity contribution in [3.63, 3.8) is 0 Å². The third kappa shape index (κ3) is 7.04. The normalized spacial score (nSPS) is 14.6. The van der Waals surface area contributed by atoms with Gasteiger partial charge in [-0.2, -0.15) is 0 Å². The number of aromatic nitrogens is 2. The Hall–Kier alpha value is -4.26. The van der Waals surface area contributed by atoms with Crippen molar-refractivity contribution in [3.8, 4) is 5.75 Å². The van der Waals surface area contributed by atoms with Crippen LogP contribution < -0.4 is 16.0 Å². The number of thiophene rings is 1. The van der Waals surface area contributed by atoms with Crippen molar-refractivity contribution >= 4 is 33.5 Å². The molecule has 12 heteroatoms. The molecule has 0 N–H and O–H groups in total. The Kier molecular flexibility index (Phi) is 10.6. The minimum absolute atomic E-state index is 0.0341. The monoisotopic (exact) mass is 664 g/mol. The van der Waals surface area contributed by atoms with Gasteiger partial charge in [0.25, 0.3) is 5.56 Å². The van der Waals surface area contributed by atoms with Gasteiger partial charge in [-0.3, -0.25) is 9.36 Å². The van der Waals surface area contributed by atoms with E-state index < -0.39 is 34.8 Å². The van der Waals surface area contributed by atoms with Crippen LogP contribution in [-0.4, -0.2) is 54.1 Å². The van der Waals surface area contributed by atoms with Crippen molar-refractivity contribution in [2.75, 3.05) is 26.9 Å². The van der Waals surface area contributed by atoms with E-state index in [4.69, 9.17) is 23.7 Å². The summed E-state index contributed by atoms with van der Waals surface area (Å²) in [5.41, 5.74) is -1.32. The molecule has 1 saturated heterocycles. The number of carbonyl (C=O) groups excluding carboxylic acids is 2. The lowest BCUT2D eigenvalue weighted by Gasteiger charge is -2.30. The third-order valence-corrected chi connectivity index (χ3v) is 9.60. The van der Waals surface area contributed by atoms with Crippen molar-refractivity contribution in [1.29, 1.82) is 0 Å². The molecular weight excluding hydrogens is 624 g/mol. The predicted molar refractivity (Wildman–Crippen MR) is 177 cm³/mol. The molecule has 5 rings (SSSR count). The lowest BCUT2D eigenvalue weighted by molar-refractivity contribution is -0.154. The summed E-state index contributed by atoms with van der Waals surface area (Å²) in [6.07, 6.45) is 0.491. The summed E-state index contributed by atoms with van der Waals surface area (Å²) in [6.45, 7) is 7.44. The highest BCUT2D eigenvalue weighted by molar-refractivity contribution is 7.20. The third-order valence-electron chi connectivity index (χ3n) is 8.30. The van der Waals surface area contributed by atoms with Crippen LogP contribution in [0.1, 0.15) is 66.1 Å². The standard InChI is InChI=1S/C35H40N2O9S/c1-6-44-32(39)29-22(2)28-30(38)37(35(3,4)33(40)45-21-23-12-8-7-9-13-23)34(41)36(31(28)47-29)20-27(46-24-16-18-43-19-17-24)25-14-10-11-15-26(25)42-5/h7-15,24,27H,6,16-21H2,1-5H3/t27-/m0/s1. The van der Waals surface area contributed by atoms with Crippen molar-refractivity contribution in [3.05, 3.63) is 97.0 Å². The summed E-state index contributed by atoms with van der Waals surface area (Å²) < 4.78 is 31.1. The van der Waals surface area contributed by atoms with E-state index in [-0.39, 0.29) is 41.0 Å². The highest BCUT2D eigenvalue weighted by Crippen LogP contribution is 2.34. The highest BCUT2D eigenvalue weighted by atomic mass is 32.1. The van der Waals surface area contributed by atoms with E-state index in [9.17, 15) is 19.2 Å². The summed E-state index contributed by atoms with van der Waals surface area (Å²) in [7, 11) is 1.56. The lowest BCUT2D eigenvalue weighted by Crippen LogP contribution is -2.53. The smallest absolute Gasteiger partial charge is 0.348 e. The fourth-order valence-electron chi connectivity index (χ4n) is 5.74. The predicted octanol–water partition coefficient (Wildman–Crippen LogP) is 5.13. The molecule has 11 nitrogen and oxygen atoms in total. The SMILES string of the molecule is CCOC(=O)c1sc2c(c1C)c(=O)n(C(C)(C)C(=O)OCc1ccccc1)c(=O)n2C[C@H](OC1CCOCC1)c1ccccc1OC. The first-order valence-electron chi connectivity index (χ1n) is 15.6. The van der Waals surface area contributed by atoms with Crippen LogP contribution in [0.25, 0.3) is 10.2 Å². The van der Waals surface area contributed by atoms with Crippen molar-refractivity contribution in [2.45, 2.75) is 71.4 Å². The van der Waals surface area contributed by atoms with E-state index in [1.165, 1.54) is 18.4 Å². The zero-order valence-electron chi connectivity index (χ0n) is 27.3. The number of nitrogens with zero attached hydrogens (tertiary/aromatic N) is 2. The summed E-state index contributed by atoms with van der Waals surface area (Å²) in [4.78, 5) is 55.9. The maximum atomic E-state index is 14.6. The maximum Gasteiger partial charge on any atom is 0.348 e. The fraction of sp³-hybridized carbons (Fsp3) is 0.429. The summed E-state index contributed by atoms with van der Waals surface area (Å²) in [5, 5.41) is 0.145. The molecule has 0 saturated carbocycles. The number of esters is 2. The van der Waals surface area contributed by atoms with Gasteiger partial charge in [0.1, 0.15) is 33.7 Å². The molecular formula is C35H40N2O9S. The van der Waals surface area contributed by atoms with Crippen LogP contribution in [0.3, 0.4) is 0 Å². The number of aryl methyl sites for hydroxylation is 1. The van der Waals surface area contributed by atoms with Gasteiger partial charge in [0.05, 0.1) is 31.8 Å². The second kappa shape index (κ2) is 14.7. The van der Waals surface area contributed by atoms with Gasteiger partial charge in [-0.15, -0.1) is 11.3 Å². The van der Waals surface area contributed by atoms with Crippen LogP contribution in [-0.2, 0) is 42.4 Å². The molecule has 4 aromatic rings. The van der Waals surface area contributed by atoms with Crippen LogP contribution in [0.4, 0.5) is 0 Å². The maximum absolute atomic E-state index is 14.6. The molecule has 3 heterocycles. The average molecular weight is 665 g/mol. The number of hydrogen-bond acceptors (Lipinski definition) is 10. The molecule has 0 amide bonds. The largest absolute Gasteiger partial charge is 0.496 e. The van der Waals surface area contributed by atoms with E-state index in [0.29, 0.717) is 42.9 Å². The average Bonchev–Trinajstić information content (AvgIpc) is 3.43. The summed E-state index contributed by atoms with van der Waals surface area (Å²) >= 11 is 1.01. The number of fused-ring (bicyclic) bond motifs is 1. The van der Waals surface area contributed by atoms with Gasteiger partial charge in [-0.05, 0) is 57.7 Å². The number of rotatable bonds is 12. The molecule has 0 radical (unpaired) electrons. The van der Waals surface area contributed by atoms with Crippen LogP contribution in [0.15, 0.2) is 64.2 Å². The van der Waals surface area contributed by atoms with Crippen LogP contribution in [0.2, 0.25) is 0 Å². The van der Waals surface area contributed by atoms with E-state index >= 15 is 0 Å². The molecule has 0 bridgehead atoms. The molecule has 0 spiro atoms. The van der Waals surface area contributed by atoms with Gasteiger partial charge in [-0.25, -0.2) is 19.0 Å². The number of carbonyl (C=O) groups is 2. The number of benzene rings is 2. The van der Waals surface area contributed by atoms with Gasteiger partial charge in [0, 0.05) is 18.8 Å². The topological polar surface area (TPSA) is 124 Å². The molecule has 47 heavy (non-hydrogen) atoms. The fourth-order valence-corrected chi connectivity index (χ4v) is 6.94. The number of methoxy groups -OCH3 is 1. The van der Waals surface area contributed by atoms with Crippen molar-refractivity contribution in [2.24, 2.45) is 0 Å². The number of para-hydroxylation sites is 1. The summed E-state index contributed by atoms with van der Waals surface area (Å²) in [5.74, 6) is -0.788. The Labute approximate surface area is 276 Å². The quantitative estimate of drug-likeness (QED) is 0.190. The van der Waals surface area contributed by atoms with Gasteiger partial charge < -0.3 is 23.7 Å². The Morgan fingerprint density at radius 2 is 1.70 bits per heavy atom. The first kappa shape index (κ1) is 34.1. The molecule has 1 fully saturated rings. The zero-order chi connectivity index (χ0) is 33.7. The van der Waals surface area contributed by atoms with Crippen LogP contribution >= 0.6 is 11.3 Å². The van der Waals surface area contributed by atoms with Gasteiger partial charge in [0.15, 0.2) is 0 Å². The van der Waals surface area contributed by atoms with Gasteiger partial charge in [-0.1, -0.05) is 48.5 Å². The molecule has 2 aromatic carbocycles. The lowest BCUT2D eigenvalue weighted by atomic mass is 10.0. The Bertz CT molecular complexity index is 1850. The Morgan fingerprint density at radius 1 is 1.02 bits per heavy atom. The number of ether oxygens (including phenoxy) is 5. The van der Waals surface area contributed by atoms with E-state index in [0.717, 1.165) is 21.5 Å².